The largest absolute Gasteiger partial charge is 0.392 e. The van der Waals surface area contributed by atoms with Crippen molar-refractivity contribution >= 4 is 27.5 Å². The third-order valence-electron chi connectivity index (χ3n) is 6.08. The SMILES string of the molecule is Cn1nnnc1SC[C@H]1C[C@@H](c2ccc(CO)cc2)O[C@@H](c2ccc(NS(=O)(=O)c3ccccc3)cc2)O1. The molecule has 1 aliphatic heterocycles. The molecule has 12 heteroatoms. The molecule has 2 N–H and O–H groups in total. The van der Waals surface area contributed by atoms with Crippen molar-refractivity contribution in [2.45, 2.75) is 41.6 Å². The Morgan fingerprint density at radius 3 is 2.37 bits per heavy atom. The van der Waals surface area contributed by atoms with Crippen molar-refractivity contribution < 1.29 is 23.0 Å². The predicted molar refractivity (Wildman–Crippen MR) is 142 cm³/mol. The number of aromatic nitrogens is 4. The number of aliphatic hydroxyl groups is 1. The van der Waals surface area contributed by atoms with Crippen molar-refractivity contribution in [3.8, 4) is 0 Å². The first-order chi connectivity index (χ1) is 18.4. The molecule has 198 valence electrons. The molecule has 0 aliphatic carbocycles. The first kappa shape index (κ1) is 26.3. The summed E-state index contributed by atoms with van der Waals surface area (Å²) in [5, 5.41) is 21.7. The number of hydrogen-bond donors (Lipinski definition) is 2. The molecule has 0 unspecified atom stereocenters. The van der Waals surface area contributed by atoms with Gasteiger partial charge < -0.3 is 14.6 Å². The number of rotatable bonds is 9. The summed E-state index contributed by atoms with van der Waals surface area (Å²) < 4.78 is 42.2. The second-order valence-electron chi connectivity index (χ2n) is 8.79. The van der Waals surface area contributed by atoms with Crippen molar-refractivity contribution in [3.63, 3.8) is 0 Å². The van der Waals surface area contributed by atoms with E-state index in [1.54, 1.807) is 66.3 Å². The lowest BCUT2D eigenvalue weighted by atomic mass is 10.0. The Morgan fingerprint density at radius 2 is 1.71 bits per heavy atom. The summed E-state index contributed by atoms with van der Waals surface area (Å²) in [5.41, 5.74) is 3.01. The first-order valence-electron chi connectivity index (χ1n) is 11.9. The number of anilines is 1. The van der Waals surface area contributed by atoms with Gasteiger partial charge in [0.1, 0.15) is 0 Å². The number of ether oxygens (including phenoxy) is 2. The lowest BCUT2D eigenvalue weighted by Gasteiger charge is -2.36. The molecule has 0 saturated carbocycles. The molecular formula is C26H27N5O5S2. The second kappa shape index (κ2) is 11.6. The molecule has 10 nitrogen and oxygen atoms in total. The van der Waals surface area contributed by atoms with Crippen LogP contribution >= 0.6 is 11.8 Å². The Balaban J connectivity index is 1.33. The molecule has 1 saturated heterocycles. The number of sulfonamides is 1. The molecule has 4 aromatic rings. The van der Waals surface area contributed by atoms with Crippen LogP contribution in [0.4, 0.5) is 5.69 Å². The molecule has 0 spiro atoms. The van der Waals surface area contributed by atoms with E-state index in [1.165, 1.54) is 11.8 Å². The zero-order chi connectivity index (χ0) is 26.5. The first-order valence-corrected chi connectivity index (χ1v) is 14.4. The number of nitrogens with one attached hydrogen (secondary N) is 1. The van der Waals surface area contributed by atoms with E-state index in [0.29, 0.717) is 23.0 Å². The van der Waals surface area contributed by atoms with E-state index in [2.05, 4.69) is 20.2 Å². The zero-order valence-electron chi connectivity index (χ0n) is 20.5. The number of benzene rings is 3. The monoisotopic (exact) mass is 553 g/mol. The Bertz CT molecular complexity index is 1450. The van der Waals surface area contributed by atoms with Crippen molar-refractivity contribution in [2.24, 2.45) is 7.05 Å². The van der Waals surface area contributed by atoms with Gasteiger partial charge in [0.25, 0.3) is 10.0 Å². The van der Waals surface area contributed by atoms with Crippen LogP contribution in [0.2, 0.25) is 0 Å². The molecule has 3 atom stereocenters. The van der Waals surface area contributed by atoms with Crippen molar-refractivity contribution in [1.82, 2.24) is 20.2 Å². The maximum absolute atomic E-state index is 12.7. The van der Waals surface area contributed by atoms with Crippen LogP contribution in [0.1, 0.15) is 35.5 Å². The Kier molecular flexibility index (Phi) is 8.05. The smallest absolute Gasteiger partial charge is 0.261 e. The van der Waals surface area contributed by atoms with Crippen LogP contribution in [0.25, 0.3) is 0 Å². The highest BCUT2D eigenvalue weighted by Crippen LogP contribution is 2.39. The van der Waals surface area contributed by atoms with Gasteiger partial charge >= 0.3 is 0 Å². The fourth-order valence-electron chi connectivity index (χ4n) is 4.06. The van der Waals surface area contributed by atoms with E-state index < -0.39 is 16.3 Å². The van der Waals surface area contributed by atoms with Crippen LogP contribution in [-0.4, -0.2) is 45.6 Å². The minimum atomic E-state index is -3.69. The van der Waals surface area contributed by atoms with Crippen LogP contribution in [0.5, 0.6) is 0 Å². The molecule has 0 amide bonds. The summed E-state index contributed by atoms with van der Waals surface area (Å²) in [6.07, 6.45) is -0.424. The van der Waals surface area contributed by atoms with E-state index in [4.69, 9.17) is 9.47 Å². The van der Waals surface area contributed by atoms with Crippen molar-refractivity contribution in [1.29, 1.82) is 0 Å². The lowest BCUT2D eigenvalue weighted by molar-refractivity contribution is -0.245. The predicted octanol–water partition coefficient (Wildman–Crippen LogP) is 3.84. The van der Waals surface area contributed by atoms with Gasteiger partial charge in [-0.3, -0.25) is 4.72 Å². The number of aliphatic hydroxyl groups excluding tert-OH is 1. The van der Waals surface area contributed by atoms with E-state index in [0.717, 1.165) is 16.7 Å². The van der Waals surface area contributed by atoms with Gasteiger partial charge in [0.2, 0.25) is 5.16 Å². The molecule has 1 fully saturated rings. The highest BCUT2D eigenvalue weighted by molar-refractivity contribution is 7.99. The normalized spacial score (nSPS) is 19.8. The van der Waals surface area contributed by atoms with E-state index in [1.807, 2.05) is 24.3 Å². The summed E-state index contributed by atoms with van der Waals surface area (Å²) in [5.74, 6) is 0.619. The Morgan fingerprint density at radius 1 is 1.00 bits per heavy atom. The standard InChI is InChI=1S/C26H27N5O5S2/c1-31-26(27-29-30-31)37-17-22-15-24(19-9-7-18(16-32)8-10-19)36-25(35-22)20-11-13-21(14-12-20)28-38(33,34)23-5-3-2-4-6-23/h2-14,22,24-25,28,32H,15-17H2,1H3/t22-,24+,25+/m1/s1. The summed E-state index contributed by atoms with van der Waals surface area (Å²) in [6.45, 7) is -0.0249. The van der Waals surface area contributed by atoms with Gasteiger partial charge in [0, 0.05) is 30.5 Å². The van der Waals surface area contributed by atoms with Crippen molar-refractivity contribution in [3.05, 3.63) is 95.6 Å². The maximum atomic E-state index is 12.7. The number of thioether (sulfide) groups is 1. The van der Waals surface area contributed by atoms with Gasteiger partial charge in [0.05, 0.1) is 23.7 Å². The number of hydrogen-bond acceptors (Lipinski definition) is 9. The van der Waals surface area contributed by atoms with Crippen molar-refractivity contribution in [2.75, 3.05) is 10.5 Å². The molecule has 1 aliphatic rings. The molecule has 38 heavy (non-hydrogen) atoms. The van der Waals surface area contributed by atoms with Gasteiger partial charge in [0.15, 0.2) is 6.29 Å². The third kappa shape index (κ3) is 6.22. The quantitative estimate of drug-likeness (QED) is 0.297. The number of tetrazole rings is 1. The van der Waals surface area contributed by atoms with Gasteiger partial charge in [-0.15, -0.1) is 5.10 Å². The molecular weight excluding hydrogens is 526 g/mol. The molecule has 5 rings (SSSR count). The minimum Gasteiger partial charge on any atom is -0.392 e. The topological polar surface area (TPSA) is 128 Å². The molecule has 1 aromatic heterocycles. The van der Waals surface area contributed by atoms with Crippen LogP contribution < -0.4 is 4.72 Å². The summed E-state index contributed by atoms with van der Waals surface area (Å²) in [6, 6.07) is 22.9. The van der Waals surface area contributed by atoms with Crippen LogP contribution in [0, 0.1) is 0 Å². The second-order valence-corrected chi connectivity index (χ2v) is 11.5. The molecule has 0 radical (unpaired) electrons. The highest BCUT2D eigenvalue weighted by atomic mass is 32.2. The Labute approximate surface area is 225 Å². The average Bonchev–Trinajstić information content (AvgIpc) is 3.37. The zero-order valence-corrected chi connectivity index (χ0v) is 22.2. The fourth-order valence-corrected chi connectivity index (χ4v) is 6.00. The lowest BCUT2D eigenvalue weighted by Crippen LogP contribution is -2.31. The summed E-state index contributed by atoms with van der Waals surface area (Å²) in [7, 11) is -1.91. The van der Waals surface area contributed by atoms with E-state index in [9.17, 15) is 13.5 Å². The highest BCUT2D eigenvalue weighted by Gasteiger charge is 2.32. The average molecular weight is 554 g/mol. The van der Waals surface area contributed by atoms with Crippen LogP contribution in [-0.2, 0) is 33.2 Å². The van der Waals surface area contributed by atoms with E-state index >= 15 is 0 Å². The molecule has 3 aromatic carbocycles. The van der Waals surface area contributed by atoms with Gasteiger partial charge in [-0.2, -0.15) is 0 Å². The van der Waals surface area contributed by atoms with Crippen LogP contribution in [0.15, 0.2) is 88.9 Å². The molecule has 2 heterocycles. The van der Waals surface area contributed by atoms with E-state index in [-0.39, 0.29) is 23.7 Å². The molecule has 0 bridgehead atoms. The maximum Gasteiger partial charge on any atom is 0.261 e. The van der Waals surface area contributed by atoms with Gasteiger partial charge in [-0.25, -0.2) is 13.1 Å². The van der Waals surface area contributed by atoms with Crippen LogP contribution in [0.3, 0.4) is 0 Å². The number of nitrogens with zero attached hydrogens (tertiary/aromatic N) is 4. The minimum absolute atomic E-state index is 0.0249. The summed E-state index contributed by atoms with van der Waals surface area (Å²) >= 11 is 1.50. The number of aryl methyl sites for hydroxylation is 1. The van der Waals surface area contributed by atoms with Gasteiger partial charge in [-0.05, 0) is 45.8 Å². The third-order valence-corrected chi connectivity index (χ3v) is 8.62. The fraction of sp³-hybridized carbons (Fsp3) is 0.269. The summed E-state index contributed by atoms with van der Waals surface area (Å²) in [4.78, 5) is 0.191. The van der Waals surface area contributed by atoms with Gasteiger partial charge in [-0.1, -0.05) is 66.4 Å². The Hall–Kier alpha value is -3.29.